The van der Waals surface area contributed by atoms with Crippen molar-refractivity contribution in [2.45, 2.75) is 26.3 Å². The number of carbonyl (C=O) groups excluding carboxylic acids is 3. The Morgan fingerprint density at radius 3 is 2.39 bits per heavy atom. The molecule has 0 aliphatic heterocycles. The molecule has 2 amide bonds. The van der Waals surface area contributed by atoms with Crippen molar-refractivity contribution in [2.24, 2.45) is 0 Å². The third kappa shape index (κ3) is 6.48. The number of nitrogens with one attached hydrogen (secondary N) is 3. The van der Waals surface area contributed by atoms with Crippen LogP contribution in [0.5, 0.6) is 0 Å². The average Bonchev–Trinajstić information content (AvgIpc) is 2.53. The van der Waals surface area contributed by atoms with Crippen LogP contribution in [0.2, 0.25) is 0 Å². The van der Waals surface area contributed by atoms with Crippen LogP contribution in [0.15, 0.2) is 24.3 Å². The highest BCUT2D eigenvalue weighted by Gasteiger charge is 2.17. The molecule has 0 saturated carbocycles. The summed E-state index contributed by atoms with van der Waals surface area (Å²) < 4.78 is 4.83. The van der Waals surface area contributed by atoms with Gasteiger partial charge in [-0.1, -0.05) is 0 Å². The van der Waals surface area contributed by atoms with Gasteiger partial charge in [-0.05, 0) is 45.2 Å². The normalized spacial score (nSPS) is 11.4. The Labute approximate surface area is 135 Å². The SMILES string of the molecule is CCOC(=O)C(C)NC(=O)c1ccc(NC(=O)CCNC)cc1. The number of carbonyl (C=O) groups is 3. The molecule has 0 fully saturated rings. The third-order valence-corrected chi connectivity index (χ3v) is 3.02. The molecule has 0 saturated heterocycles. The Hall–Kier alpha value is -2.41. The first kappa shape index (κ1) is 18.6. The summed E-state index contributed by atoms with van der Waals surface area (Å²) in [6, 6.07) is 5.73. The van der Waals surface area contributed by atoms with Crippen molar-refractivity contribution >= 4 is 23.5 Å². The minimum Gasteiger partial charge on any atom is -0.464 e. The van der Waals surface area contributed by atoms with E-state index >= 15 is 0 Å². The fourth-order valence-electron chi connectivity index (χ4n) is 1.77. The number of anilines is 1. The number of hydrogen-bond donors (Lipinski definition) is 3. The largest absolute Gasteiger partial charge is 0.464 e. The Bertz CT molecular complexity index is 543. The Kier molecular flexibility index (Phi) is 7.76. The van der Waals surface area contributed by atoms with Crippen molar-refractivity contribution in [3.05, 3.63) is 29.8 Å². The summed E-state index contributed by atoms with van der Waals surface area (Å²) in [6.45, 7) is 4.13. The summed E-state index contributed by atoms with van der Waals surface area (Å²) in [7, 11) is 1.78. The maximum atomic E-state index is 12.0. The summed E-state index contributed by atoms with van der Waals surface area (Å²) in [5.41, 5.74) is 1.01. The minimum atomic E-state index is -0.719. The molecule has 1 aromatic carbocycles. The molecule has 7 heteroatoms. The van der Waals surface area contributed by atoms with E-state index in [0.29, 0.717) is 24.2 Å². The maximum absolute atomic E-state index is 12.0. The first-order chi connectivity index (χ1) is 11.0. The van der Waals surface area contributed by atoms with Gasteiger partial charge in [-0.2, -0.15) is 0 Å². The van der Waals surface area contributed by atoms with E-state index in [1.807, 2.05) is 0 Å². The Morgan fingerprint density at radius 2 is 1.83 bits per heavy atom. The van der Waals surface area contributed by atoms with Crippen LogP contribution < -0.4 is 16.0 Å². The summed E-state index contributed by atoms with van der Waals surface area (Å²) in [5, 5.41) is 8.19. The molecule has 23 heavy (non-hydrogen) atoms. The smallest absolute Gasteiger partial charge is 0.328 e. The molecule has 0 bridgehead atoms. The standard InChI is InChI=1S/C16H23N3O4/c1-4-23-16(22)11(2)18-15(21)12-5-7-13(8-6-12)19-14(20)9-10-17-3/h5-8,11,17H,4,9-10H2,1-3H3,(H,18,21)(H,19,20). The van der Waals surface area contributed by atoms with E-state index in [2.05, 4.69) is 16.0 Å². The molecule has 1 atom stereocenters. The van der Waals surface area contributed by atoms with Gasteiger partial charge >= 0.3 is 5.97 Å². The number of rotatable bonds is 8. The van der Waals surface area contributed by atoms with Crippen LogP contribution in [0.25, 0.3) is 0 Å². The lowest BCUT2D eigenvalue weighted by Gasteiger charge is -2.13. The van der Waals surface area contributed by atoms with Gasteiger partial charge < -0.3 is 20.7 Å². The topological polar surface area (TPSA) is 96.5 Å². The quantitative estimate of drug-likeness (QED) is 0.619. The van der Waals surface area contributed by atoms with Gasteiger partial charge in [0, 0.05) is 24.2 Å². The second-order valence-electron chi connectivity index (χ2n) is 4.93. The molecular weight excluding hydrogens is 298 g/mol. The predicted molar refractivity (Wildman–Crippen MR) is 87.2 cm³/mol. The molecule has 0 aliphatic rings. The molecule has 126 valence electrons. The summed E-state index contributed by atoms with van der Waals surface area (Å²) in [6.07, 6.45) is 0.371. The lowest BCUT2D eigenvalue weighted by atomic mass is 10.1. The summed E-state index contributed by atoms with van der Waals surface area (Å²) in [5.74, 6) is -0.958. The molecule has 7 nitrogen and oxygen atoms in total. The van der Waals surface area contributed by atoms with Gasteiger partial charge in [-0.3, -0.25) is 9.59 Å². The second-order valence-corrected chi connectivity index (χ2v) is 4.93. The number of amides is 2. The Morgan fingerprint density at radius 1 is 1.17 bits per heavy atom. The van der Waals surface area contributed by atoms with Gasteiger partial charge in [0.1, 0.15) is 6.04 Å². The van der Waals surface area contributed by atoms with Crippen LogP contribution in [0.4, 0.5) is 5.69 Å². The fourth-order valence-corrected chi connectivity index (χ4v) is 1.77. The van der Waals surface area contributed by atoms with Crippen molar-refractivity contribution in [1.82, 2.24) is 10.6 Å². The number of ether oxygens (including phenoxy) is 1. The molecule has 1 aromatic rings. The molecule has 3 N–H and O–H groups in total. The molecule has 0 heterocycles. The van der Waals surface area contributed by atoms with E-state index in [1.54, 1.807) is 45.2 Å². The van der Waals surface area contributed by atoms with Crippen molar-refractivity contribution in [1.29, 1.82) is 0 Å². The molecule has 0 spiro atoms. The van der Waals surface area contributed by atoms with E-state index < -0.39 is 12.0 Å². The Balaban J connectivity index is 2.57. The fraction of sp³-hybridized carbons (Fsp3) is 0.438. The van der Waals surface area contributed by atoms with Gasteiger partial charge in [0.25, 0.3) is 5.91 Å². The van der Waals surface area contributed by atoms with Crippen LogP contribution >= 0.6 is 0 Å². The molecule has 0 radical (unpaired) electrons. The van der Waals surface area contributed by atoms with Crippen molar-refractivity contribution in [3.8, 4) is 0 Å². The van der Waals surface area contributed by atoms with E-state index in [9.17, 15) is 14.4 Å². The number of benzene rings is 1. The van der Waals surface area contributed by atoms with Gasteiger partial charge in [-0.25, -0.2) is 4.79 Å². The van der Waals surface area contributed by atoms with Crippen LogP contribution in [-0.4, -0.2) is 44.0 Å². The molecule has 0 aromatic heterocycles. The zero-order valence-electron chi connectivity index (χ0n) is 13.6. The first-order valence-corrected chi connectivity index (χ1v) is 7.50. The lowest BCUT2D eigenvalue weighted by Crippen LogP contribution is -2.39. The number of esters is 1. The van der Waals surface area contributed by atoms with Crippen LogP contribution in [0, 0.1) is 0 Å². The van der Waals surface area contributed by atoms with Gasteiger partial charge in [0.05, 0.1) is 6.61 Å². The molecule has 0 aliphatic carbocycles. The molecule has 1 unspecified atom stereocenters. The number of hydrogen-bond acceptors (Lipinski definition) is 5. The van der Waals surface area contributed by atoms with E-state index in [-0.39, 0.29) is 18.4 Å². The van der Waals surface area contributed by atoms with Gasteiger partial charge in [0.2, 0.25) is 5.91 Å². The van der Waals surface area contributed by atoms with Crippen molar-refractivity contribution < 1.29 is 19.1 Å². The highest BCUT2D eigenvalue weighted by Crippen LogP contribution is 2.10. The summed E-state index contributed by atoms with van der Waals surface area (Å²) in [4.78, 5) is 35.1. The predicted octanol–water partition coefficient (Wildman–Crippen LogP) is 0.916. The van der Waals surface area contributed by atoms with Gasteiger partial charge in [-0.15, -0.1) is 0 Å². The maximum Gasteiger partial charge on any atom is 0.328 e. The highest BCUT2D eigenvalue weighted by molar-refractivity contribution is 5.97. The van der Waals surface area contributed by atoms with Crippen molar-refractivity contribution in [3.63, 3.8) is 0 Å². The first-order valence-electron chi connectivity index (χ1n) is 7.50. The lowest BCUT2D eigenvalue weighted by molar-refractivity contribution is -0.144. The molecule has 1 rings (SSSR count). The average molecular weight is 321 g/mol. The zero-order chi connectivity index (χ0) is 17.2. The van der Waals surface area contributed by atoms with Crippen LogP contribution in [-0.2, 0) is 14.3 Å². The van der Waals surface area contributed by atoms with Crippen molar-refractivity contribution in [2.75, 3.05) is 25.5 Å². The third-order valence-electron chi connectivity index (χ3n) is 3.02. The molecular formula is C16H23N3O4. The summed E-state index contributed by atoms with van der Waals surface area (Å²) >= 11 is 0. The van der Waals surface area contributed by atoms with Crippen LogP contribution in [0.3, 0.4) is 0 Å². The van der Waals surface area contributed by atoms with Crippen LogP contribution in [0.1, 0.15) is 30.6 Å². The minimum absolute atomic E-state index is 0.104. The van der Waals surface area contributed by atoms with E-state index in [4.69, 9.17) is 4.74 Å². The van der Waals surface area contributed by atoms with Gasteiger partial charge in [0.15, 0.2) is 0 Å². The highest BCUT2D eigenvalue weighted by atomic mass is 16.5. The van der Waals surface area contributed by atoms with E-state index in [1.165, 1.54) is 0 Å². The monoisotopic (exact) mass is 321 g/mol. The van der Waals surface area contributed by atoms with E-state index in [0.717, 1.165) is 0 Å². The second kappa shape index (κ2) is 9.58. The zero-order valence-corrected chi connectivity index (χ0v) is 13.6.